The van der Waals surface area contributed by atoms with Crippen molar-refractivity contribution in [1.29, 1.82) is 0 Å². The third kappa shape index (κ3) is 0.956. The van der Waals surface area contributed by atoms with Gasteiger partial charge in [-0.15, -0.1) is 0 Å². The number of hydrogen-bond donors (Lipinski definition) is 1. The van der Waals surface area contributed by atoms with E-state index >= 15 is 0 Å². The van der Waals surface area contributed by atoms with Crippen LogP contribution in [0.4, 0.5) is 0 Å². The molecule has 11 heavy (non-hydrogen) atoms. The lowest BCUT2D eigenvalue weighted by atomic mass is 10.4. The molecule has 0 fully saturated rings. The van der Waals surface area contributed by atoms with Crippen molar-refractivity contribution in [3.63, 3.8) is 0 Å². The maximum absolute atomic E-state index is 5.59. The van der Waals surface area contributed by atoms with Crippen LogP contribution in [0.2, 0.25) is 0 Å². The lowest BCUT2D eigenvalue weighted by Crippen LogP contribution is -2.38. The first-order valence-electron chi connectivity index (χ1n) is 3.26. The van der Waals surface area contributed by atoms with Gasteiger partial charge < -0.3 is 10.6 Å². The Morgan fingerprint density at radius 2 is 2.55 bits per heavy atom. The topological polar surface area (TPSA) is 54.0 Å². The molecule has 58 valence electrons. The molecule has 0 aliphatic carbocycles. The van der Waals surface area contributed by atoms with Gasteiger partial charge in [0.05, 0.1) is 6.54 Å². The molecule has 0 spiro atoms. The maximum atomic E-state index is 5.59. The maximum Gasteiger partial charge on any atom is 0.172 e. The zero-order valence-electron chi connectivity index (χ0n) is 5.74. The third-order valence-corrected chi connectivity index (χ3v) is 2.34. The minimum Gasteiger partial charge on any atom is -0.381 e. The van der Waals surface area contributed by atoms with Crippen LogP contribution in [0.15, 0.2) is 22.4 Å². The molecule has 0 aromatic heterocycles. The summed E-state index contributed by atoms with van der Waals surface area (Å²) in [5, 5.41) is 0. The Kier molecular flexibility index (Phi) is 1.45. The van der Waals surface area contributed by atoms with Gasteiger partial charge in [0.25, 0.3) is 0 Å². The van der Waals surface area contributed by atoms with E-state index in [1.54, 1.807) is 6.20 Å². The first-order valence-corrected chi connectivity index (χ1v) is 4.18. The third-order valence-electron chi connectivity index (χ3n) is 1.61. The van der Waals surface area contributed by atoms with Gasteiger partial charge >= 0.3 is 0 Å². The normalized spacial score (nSPS) is 28.1. The number of nitrogens with two attached hydrogens (primary N) is 1. The number of nitrogens with zero attached hydrogens (tertiary/aromatic N) is 3. The summed E-state index contributed by atoms with van der Waals surface area (Å²) in [5.41, 5.74) is 5.59. The van der Waals surface area contributed by atoms with Crippen LogP contribution in [0.25, 0.3) is 0 Å². The molecule has 0 bridgehead atoms. The molecule has 2 aliphatic rings. The van der Waals surface area contributed by atoms with Gasteiger partial charge in [-0.25, -0.2) is 4.99 Å². The van der Waals surface area contributed by atoms with E-state index in [1.807, 2.05) is 11.1 Å². The highest BCUT2D eigenvalue weighted by Gasteiger charge is 2.27. The quantitative estimate of drug-likeness (QED) is 0.465. The standard InChI is InChI=1S/C6H7BrN4/c7-4-3-10-6-5(8)9-1-2-11(4)6/h1-2,4H,3H2,(H2,8,9). The molecular weight excluding hydrogens is 208 g/mol. The Bertz CT molecular complexity index is 268. The molecule has 1 atom stereocenters. The van der Waals surface area contributed by atoms with Crippen LogP contribution in [-0.2, 0) is 0 Å². The fraction of sp³-hybridized carbons (Fsp3) is 0.333. The van der Waals surface area contributed by atoms with E-state index in [-0.39, 0.29) is 4.95 Å². The van der Waals surface area contributed by atoms with Crippen LogP contribution < -0.4 is 5.73 Å². The molecule has 0 saturated heterocycles. The molecule has 4 nitrogen and oxygen atoms in total. The van der Waals surface area contributed by atoms with E-state index in [4.69, 9.17) is 5.73 Å². The molecule has 2 aliphatic heterocycles. The van der Waals surface area contributed by atoms with Gasteiger partial charge in [0.15, 0.2) is 11.7 Å². The van der Waals surface area contributed by atoms with Crippen LogP contribution >= 0.6 is 15.9 Å². The number of hydrogen-bond acceptors (Lipinski definition) is 4. The minimum absolute atomic E-state index is 0.239. The molecule has 0 saturated carbocycles. The van der Waals surface area contributed by atoms with E-state index in [1.165, 1.54) is 0 Å². The van der Waals surface area contributed by atoms with Crippen LogP contribution in [0.5, 0.6) is 0 Å². The smallest absolute Gasteiger partial charge is 0.172 e. The average molecular weight is 215 g/mol. The highest BCUT2D eigenvalue weighted by atomic mass is 79.9. The van der Waals surface area contributed by atoms with E-state index in [0.717, 1.165) is 12.4 Å². The Balaban J connectivity index is 2.35. The highest BCUT2D eigenvalue weighted by molar-refractivity contribution is 9.09. The number of fused-ring (bicyclic) bond motifs is 1. The van der Waals surface area contributed by atoms with Crippen molar-refractivity contribution in [1.82, 2.24) is 4.90 Å². The lowest BCUT2D eigenvalue weighted by molar-refractivity contribution is 0.578. The molecule has 2 rings (SSSR count). The van der Waals surface area contributed by atoms with Gasteiger partial charge in [-0.2, -0.15) is 0 Å². The summed E-state index contributed by atoms with van der Waals surface area (Å²) in [6.07, 6.45) is 3.54. The fourth-order valence-corrected chi connectivity index (χ4v) is 1.56. The van der Waals surface area contributed by atoms with Crippen molar-refractivity contribution < 1.29 is 0 Å². The Hall–Kier alpha value is -0.840. The van der Waals surface area contributed by atoms with Crippen molar-refractivity contribution in [2.24, 2.45) is 15.7 Å². The van der Waals surface area contributed by atoms with Crippen LogP contribution in [0.1, 0.15) is 0 Å². The molecule has 0 amide bonds. The minimum atomic E-state index is 0.239. The Labute approximate surface area is 72.6 Å². The van der Waals surface area contributed by atoms with E-state index < -0.39 is 0 Å². The van der Waals surface area contributed by atoms with Gasteiger partial charge in [-0.3, -0.25) is 4.99 Å². The summed E-state index contributed by atoms with van der Waals surface area (Å²) < 4.78 is 0. The lowest BCUT2D eigenvalue weighted by Gasteiger charge is -2.20. The molecule has 0 aromatic carbocycles. The monoisotopic (exact) mass is 214 g/mol. The van der Waals surface area contributed by atoms with Crippen molar-refractivity contribution in [3.8, 4) is 0 Å². The second-order valence-electron chi connectivity index (χ2n) is 2.32. The zero-order valence-corrected chi connectivity index (χ0v) is 7.32. The van der Waals surface area contributed by atoms with Crippen molar-refractivity contribution >= 4 is 27.6 Å². The number of aliphatic imine (C=N–C) groups is 2. The number of amidine groups is 2. The predicted molar refractivity (Wildman–Crippen MR) is 47.6 cm³/mol. The first kappa shape index (κ1) is 6.84. The summed E-state index contributed by atoms with van der Waals surface area (Å²) in [6, 6.07) is 0. The molecule has 2 N–H and O–H groups in total. The summed E-state index contributed by atoms with van der Waals surface area (Å²) in [4.78, 5) is 10.3. The fourth-order valence-electron chi connectivity index (χ4n) is 1.08. The number of alkyl halides is 1. The van der Waals surface area contributed by atoms with Gasteiger partial charge in [0, 0.05) is 12.4 Å². The number of rotatable bonds is 0. The van der Waals surface area contributed by atoms with Gasteiger partial charge in [-0.1, -0.05) is 15.9 Å². The SMILES string of the molecule is NC1=NC=CN2C1=NCC2Br. The predicted octanol–water partition coefficient (Wildman–Crippen LogP) is 0.264. The molecule has 0 aromatic rings. The summed E-state index contributed by atoms with van der Waals surface area (Å²) >= 11 is 3.46. The Morgan fingerprint density at radius 1 is 1.73 bits per heavy atom. The summed E-state index contributed by atoms with van der Waals surface area (Å²) in [7, 11) is 0. The average Bonchev–Trinajstić information content (AvgIpc) is 2.35. The van der Waals surface area contributed by atoms with Crippen LogP contribution in [0.3, 0.4) is 0 Å². The highest BCUT2D eigenvalue weighted by Crippen LogP contribution is 2.18. The molecule has 0 radical (unpaired) electrons. The summed E-state index contributed by atoms with van der Waals surface area (Å²) in [6.45, 7) is 0.732. The van der Waals surface area contributed by atoms with Gasteiger partial charge in [-0.05, 0) is 0 Å². The van der Waals surface area contributed by atoms with Crippen molar-refractivity contribution in [2.75, 3.05) is 6.54 Å². The van der Waals surface area contributed by atoms with E-state index in [2.05, 4.69) is 25.9 Å². The molecule has 2 heterocycles. The van der Waals surface area contributed by atoms with E-state index in [0.29, 0.717) is 5.84 Å². The Morgan fingerprint density at radius 3 is 3.27 bits per heavy atom. The largest absolute Gasteiger partial charge is 0.381 e. The summed E-state index contributed by atoms with van der Waals surface area (Å²) in [5.74, 6) is 1.27. The molecular formula is C6H7BrN4. The van der Waals surface area contributed by atoms with Crippen LogP contribution in [0, 0.1) is 0 Å². The van der Waals surface area contributed by atoms with Crippen molar-refractivity contribution in [3.05, 3.63) is 12.4 Å². The van der Waals surface area contributed by atoms with E-state index in [9.17, 15) is 0 Å². The number of halogens is 1. The van der Waals surface area contributed by atoms with Crippen molar-refractivity contribution in [2.45, 2.75) is 4.95 Å². The molecule has 1 unspecified atom stereocenters. The first-order chi connectivity index (χ1) is 5.29. The second-order valence-corrected chi connectivity index (χ2v) is 3.38. The van der Waals surface area contributed by atoms with Gasteiger partial charge in [0.1, 0.15) is 4.95 Å². The zero-order chi connectivity index (χ0) is 7.84. The second kappa shape index (κ2) is 2.34. The molecule has 5 heteroatoms. The van der Waals surface area contributed by atoms with Gasteiger partial charge in [0.2, 0.25) is 0 Å². The van der Waals surface area contributed by atoms with Crippen LogP contribution in [-0.4, -0.2) is 28.1 Å².